The van der Waals surface area contributed by atoms with Crippen LogP contribution >= 0.6 is 11.6 Å². The molecule has 11 heteroatoms. The van der Waals surface area contributed by atoms with Crippen molar-refractivity contribution >= 4 is 35.1 Å². The van der Waals surface area contributed by atoms with E-state index in [-0.39, 0.29) is 22.9 Å². The Labute approximate surface area is 156 Å². The second-order valence-corrected chi connectivity index (χ2v) is 5.60. The number of nitro groups is 1. The lowest BCUT2D eigenvalue weighted by atomic mass is 10.2. The van der Waals surface area contributed by atoms with Crippen molar-refractivity contribution in [3.63, 3.8) is 0 Å². The van der Waals surface area contributed by atoms with E-state index in [1.54, 1.807) is 0 Å². The Morgan fingerprint density at radius 1 is 1.26 bits per heavy atom. The lowest BCUT2D eigenvalue weighted by Gasteiger charge is -2.10. The molecule has 7 nitrogen and oxygen atoms in total. The van der Waals surface area contributed by atoms with Crippen LogP contribution in [-0.4, -0.2) is 23.6 Å². The molecule has 2 aromatic rings. The third-order valence-electron chi connectivity index (χ3n) is 3.21. The molecule has 0 saturated carbocycles. The highest BCUT2D eigenvalue weighted by molar-refractivity contribution is 6.32. The molecule has 1 amide bonds. The molecule has 2 N–H and O–H groups in total. The van der Waals surface area contributed by atoms with Gasteiger partial charge in [-0.3, -0.25) is 14.9 Å². The van der Waals surface area contributed by atoms with Gasteiger partial charge in [0, 0.05) is 17.3 Å². The van der Waals surface area contributed by atoms with E-state index in [1.165, 1.54) is 36.5 Å². The van der Waals surface area contributed by atoms with Crippen LogP contribution in [0.2, 0.25) is 5.02 Å². The van der Waals surface area contributed by atoms with Crippen LogP contribution < -0.4 is 10.7 Å². The molecule has 0 radical (unpaired) electrons. The van der Waals surface area contributed by atoms with Crippen molar-refractivity contribution in [3.8, 4) is 0 Å². The van der Waals surface area contributed by atoms with Gasteiger partial charge < -0.3 is 5.32 Å². The fraction of sp³-hybridized carbons (Fsp3) is 0.125. The van der Waals surface area contributed by atoms with Crippen LogP contribution in [0.1, 0.15) is 11.1 Å². The second kappa shape index (κ2) is 8.49. The molecule has 142 valence electrons. The van der Waals surface area contributed by atoms with E-state index in [9.17, 15) is 28.1 Å². The van der Waals surface area contributed by atoms with Gasteiger partial charge in [0.25, 0.3) is 11.6 Å². The summed E-state index contributed by atoms with van der Waals surface area (Å²) in [7, 11) is 0. The number of halogens is 4. The minimum Gasteiger partial charge on any atom is -0.376 e. The Balaban J connectivity index is 1.91. The highest BCUT2D eigenvalue weighted by Gasteiger charge is 2.30. The number of amides is 1. The molecule has 0 aliphatic rings. The average molecular weight is 401 g/mol. The van der Waals surface area contributed by atoms with Crippen molar-refractivity contribution in [2.24, 2.45) is 5.10 Å². The number of benzene rings is 2. The summed E-state index contributed by atoms with van der Waals surface area (Å²) in [5, 5.41) is 16.9. The summed E-state index contributed by atoms with van der Waals surface area (Å²) in [5.41, 5.74) is 1.46. The maximum atomic E-state index is 12.6. The zero-order chi connectivity index (χ0) is 20.0. The molecule has 0 aliphatic heterocycles. The van der Waals surface area contributed by atoms with E-state index >= 15 is 0 Å². The third-order valence-corrected chi connectivity index (χ3v) is 3.53. The third kappa shape index (κ3) is 5.96. The van der Waals surface area contributed by atoms with Crippen LogP contribution in [0, 0.1) is 10.1 Å². The molecule has 0 fully saturated rings. The standard InChI is InChI=1S/C16H12ClF3N4O3/c17-13-5-4-10(6-14(13)24(26)27)8-22-23-15(25)9-21-12-3-1-2-11(7-12)16(18,19)20/h1-8,21H,9H2,(H,23,25). The summed E-state index contributed by atoms with van der Waals surface area (Å²) in [5.74, 6) is -0.618. The predicted octanol–water partition coefficient (Wildman–Crippen LogP) is 3.83. The first-order valence-corrected chi connectivity index (χ1v) is 7.71. The van der Waals surface area contributed by atoms with E-state index in [0.29, 0.717) is 5.56 Å². The number of hydrogen-bond acceptors (Lipinski definition) is 5. The first-order chi connectivity index (χ1) is 12.7. The lowest BCUT2D eigenvalue weighted by molar-refractivity contribution is -0.384. The number of nitro benzene ring substituents is 1. The Morgan fingerprint density at radius 3 is 2.67 bits per heavy atom. The van der Waals surface area contributed by atoms with Gasteiger partial charge in [-0.2, -0.15) is 18.3 Å². The first-order valence-electron chi connectivity index (χ1n) is 7.34. The molecule has 0 bridgehead atoms. The predicted molar refractivity (Wildman–Crippen MR) is 93.8 cm³/mol. The molecule has 0 unspecified atom stereocenters. The fourth-order valence-electron chi connectivity index (χ4n) is 1.96. The molecule has 0 aromatic heterocycles. The molecular formula is C16H12ClF3N4O3. The number of nitrogens with zero attached hydrogens (tertiary/aromatic N) is 2. The Kier molecular flexibility index (Phi) is 6.35. The smallest absolute Gasteiger partial charge is 0.376 e. The van der Waals surface area contributed by atoms with E-state index in [4.69, 9.17) is 11.6 Å². The van der Waals surface area contributed by atoms with Crippen LogP contribution in [0.4, 0.5) is 24.5 Å². The van der Waals surface area contributed by atoms with Crippen molar-refractivity contribution in [1.82, 2.24) is 5.43 Å². The minimum atomic E-state index is -4.48. The lowest BCUT2D eigenvalue weighted by Crippen LogP contribution is -2.26. The normalized spacial score (nSPS) is 11.4. The summed E-state index contributed by atoms with van der Waals surface area (Å²) in [4.78, 5) is 21.8. The second-order valence-electron chi connectivity index (χ2n) is 5.19. The minimum absolute atomic E-state index is 0.0357. The number of rotatable bonds is 6. The topological polar surface area (TPSA) is 96.6 Å². The molecule has 2 aromatic carbocycles. The summed E-state index contributed by atoms with van der Waals surface area (Å²) in [6.07, 6.45) is -3.31. The van der Waals surface area contributed by atoms with E-state index in [0.717, 1.165) is 12.1 Å². The van der Waals surface area contributed by atoms with E-state index < -0.39 is 22.6 Å². The van der Waals surface area contributed by atoms with Crippen LogP contribution in [0.3, 0.4) is 0 Å². The number of anilines is 1. The summed E-state index contributed by atoms with van der Waals surface area (Å²) < 4.78 is 37.9. The van der Waals surface area contributed by atoms with Gasteiger partial charge in [-0.05, 0) is 24.3 Å². The number of hydrazone groups is 1. The van der Waals surface area contributed by atoms with Gasteiger partial charge in [-0.25, -0.2) is 5.43 Å². The SMILES string of the molecule is O=C(CNc1cccc(C(F)(F)F)c1)NN=Cc1ccc(Cl)c([N+](=O)[O-])c1. The van der Waals surface area contributed by atoms with E-state index in [2.05, 4.69) is 15.8 Å². The van der Waals surface area contributed by atoms with Crippen LogP contribution in [0.25, 0.3) is 0 Å². The molecular weight excluding hydrogens is 389 g/mol. The number of carbonyl (C=O) groups is 1. The van der Waals surface area contributed by atoms with E-state index in [1.807, 2.05) is 0 Å². The highest BCUT2D eigenvalue weighted by atomic mass is 35.5. The van der Waals surface area contributed by atoms with Gasteiger partial charge in [-0.15, -0.1) is 0 Å². The van der Waals surface area contributed by atoms with Crippen LogP contribution in [0.15, 0.2) is 47.6 Å². The summed E-state index contributed by atoms with van der Waals surface area (Å²) in [6.45, 7) is -0.320. The maximum absolute atomic E-state index is 12.6. The van der Waals surface area contributed by atoms with Gasteiger partial charge >= 0.3 is 6.18 Å². The summed E-state index contributed by atoms with van der Waals surface area (Å²) in [6, 6.07) is 8.36. The molecule has 0 saturated heterocycles. The number of nitrogens with one attached hydrogen (secondary N) is 2. The number of alkyl halides is 3. The monoisotopic (exact) mass is 400 g/mol. The number of carbonyl (C=O) groups excluding carboxylic acids is 1. The Morgan fingerprint density at radius 2 is 2.00 bits per heavy atom. The van der Waals surface area contributed by atoms with Crippen molar-refractivity contribution in [2.45, 2.75) is 6.18 Å². The Hall–Kier alpha value is -3.14. The van der Waals surface area contributed by atoms with Crippen molar-refractivity contribution in [1.29, 1.82) is 0 Å². The average Bonchev–Trinajstić information content (AvgIpc) is 2.60. The van der Waals surface area contributed by atoms with Crippen molar-refractivity contribution in [2.75, 3.05) is 11.9 Å². The highest BCUT2D eigenvalue weighted by Crippen LogP contribution is 2.30. The maximum Gasteiger partial charge on any atom is 0.416 e. The zero-order valence-corrected chi connectivity index (χ0v) is 14.2. The van der Waals surface area contributed by atoms with Crippen molar-refractivity contribution < 1.29 is 22.9 Å². The van der Waals surface area contributed by atoms with Crippen molar-refractivity contribution in [3.05, 3.63) is 68.7 Å². The number of hydrogen-bond donors (Lipinski definition) is 2. The van der Waals surface area contributed by atoms with Crippen LogP contribution in [0.5, 0.6) is 0 Å². The zero-order valence-electron chi connectivity index (χ0n) is 13.5. The molecule has 0 spiro atoms. The molecule has 0 aliphatic carbocycles. The first kappa shape index (κ1) is 20.2. The van der Waals surface area contributed by atoms with Gasteiger partial charge in [0.2, 0.25) is 0 Å². The quantitative estimate of drug-likeness (QED) is 0.437. The Bertz CT molecular complexity index is 887. The fourth-order valence-corrected chi connectivity index (χ4v) is 2.14. The van der Waals surface area contributed by atoms with Gasteiger partial charge in [-0.1, -0.05) is 23.7 Å². The molecule has 27 heavy (non-hydrogen) atoms. The largest absolute Gasteiger partial charge is 0.416 e. The molecule has 0 heterocycles. The molecule has 2 rings (SSSR count). The molecule has 0 atom stereocenters. The summed E-state index contributed by atoms with van der Waals surface area (Å²) >= 11 is 5.68. The van der Waals surface area contributed by atoms with Gasteiger partial charge in [0.15, 0.2) is 0 Å². The van der Waals surface area contributed by atoms with Gasteiger partial charge in [0.1, 0.15) is 5.02 Å². The van der Waals surface area contributed by atoms with Crippen LogP contribution in [-0.2, 0) is 11.0 Å². The van der Waals surface area contributed by atoms with Gasteiger partial charge in [0.05, 0.1) is 23.2 Å².